The lowest BCUT2D eigenvalue weighted by Crippen LogP contribution is -2.46. The highest BCUT2D eigenvalue weighted by molar-refractivity contribution is 6.39. The summed E-state index contributed by atoms with van der Waals surface area (Å²) in [5.74, 6) is 0.0952. The van der Waals surface area contributed by atoms with Crippen LogP contribution >= 0.6 is 23.2 Å². The Morgan fingerprint density at radius 3 is 2.49 bits per heavy atom. The fraction of sp³-hybridized carbons (Fsp3) is 0.303. The van der Waals surface area contributed by atoms with Crippen molar-refractivity contribution in [2.24, 2.45) is 14.1 Å². The summed E-state index contributed by atoms with van der Waals surface area (Å²) in [5, 5.41) is 16.8. The standard InChI is InChI=1S/C33H31Cl2F2N7O5/c1-43-24-12-21(29(36)37)41-30(26(24)32(46)44(2)33(43)47)40-20-9-5-7-17(28(20)35)16-6-4-8-18(27(16)34)22-13-39-23(31(42-22)48-3)14-38-19-10-11-49-15-25(19)45/h4-9,12-13,19,25,29,38,45H,10-11,14-15H2,1-3H3,(H,40,41). The minimum atomic E-state index is -2.97. The monoisotopic (exact) mass is 713 g/mol. The van der Waals surface area contributed by atoms with Crippen LogP contribution in [0.1, 0.15) is 24.2 Å². The van der Waals surface area contributed by atoms with E-state index in [1.165, 1.54) is 21.2 Å². The van der Waals surface area contributed by atoms with Crippen molar-refractivity contribution >= 4 is 45.6 Å². The van der Waals surface area contributed by atoms with E-state index in [0.29, 0.717) is 52.7 Å². The van der Waals surface area contributed by atoms with E-state index in [-0.39, 0.29) is 46.0 Å². The Labute approximate surface area is 288 Å². The first-order chi connectivity index (χ1) is 23.5. The fourth-order valence-electron chi connectivity index (χ4n) is 5.71. The van der Waals surface area contributed by atoms with Crippen molar-refractivity contribution in [3.8, 4) is 28.3 Å². The molecule has 49 heavy (non-hydrogen) atoms. The summed E-state index contributed by atoms with van der Waals surface area (Å²) in [7, 11) is 4.16. The summed E-state index contributed by atoms with van der Waals surface area (Å²) in [5.41, 5.74) is 0.781. The highest BCUT2D eigenvalue weighted by atomic mass is 35.5. The Hall–Kier alpha value is -4.47. The highest BCUT2D eigenvalue weighted by Gasteiger charge is 2.25. The second-order valence-electron chi connectivity index (χ2n) is 11.4. The van der Waals surface area contributed by atoms with Crippen LogP contribution in [0.2, 0.25) is 10.0 Å². The molecule has 6 rings (SSSR count). The molecule has 2 aromatic carbocycles. The second-order valence-corrected chi connectivity index (χ2v) is 12.1. The molecule has 2 unspecified atom stereocenters. The number of hydrogen-bond acceptors (Lipinski definition) is 10. The van der Waals surface area contributed by atoms with E-state index in [9.17, 15) is 23.5 Å². The SMILES string of the molecule is COc1nc(-c2cccc(-c3cccc(Nc4nc(C(F)F)cc5c4c(=O)n(C)c(=O)n5C)c3Cl)c2Cl)cnc1CNC1CCOCC1O. The quantitative estimate of drug-likeness (QED) is 0.191. The molecule has 1 saturated heterocycles. The van der Waals surface area contributed by atoms with Gasteiger partial charge in [-0.05, 0) is 18.6 Å². The van der Waals surface area contributed by atoms with Crippen LogP contribution in [-0.2, 0) is 25.4 Å². The number of ether oxygens (including phenoxy) is 2. The third-order valence-electron chi connectivity index (χ3n) is 8.38. The van der Waals surface area contributed by atoms with Crippen LogP contribution in [0.5, 0.6) is 5.88 Å². The van der Waals surface area contributed by atoms with Gasteiger partial charge in [-0.3, -0.25) is 18.9 Å². The molecule has 256 valence electrons. The normalized spacial score (nSPS) is 16.3. The van der Waals surface area contributed by atoms with Crippen molar-refractivity contribution in [1.82, 2.24) is 29.4 Å². The predicted molar refractivity (Wildman–Crippen MR) is 182 cm³/mol. The Bertz CT molecular complexity index is 2180. The number of aromatic nitrogens is 5. The van der Waals surface area contributed by atoms with Crippen molar-refractivity contribution in [2.45, 2.75) is 31.5 Å². The summed E-state index contributed by atoms with van der Waals surface area (Å²) in [6.45, 7) is 1.13. The number of hydrogen-bond donors (Lipinski definition) is 3. The number of halogens is 4. The molecule has 0 radical (unpaired) electrons. The molecule has 1 fully saturated rings. The lowest BCUT2D eigenvalue weighted by molar-refractivity contribution is -0.0281. The van der Waals surface area contributed by atoms with E-state index in [0.717, 1.165) is 15.2 Å². The molecular formula is C33H31Cl2F2N7O5. The summed E-state index contributed by atoms with van der Waals surface area (Å²) >= 11 is 13.9. The molecule has 1 aliphatic rings. The van der Waals surface area contributed by atoms with Crippen molar-refractivity contribution in [3.63, 3.8) is 0 Å². The molecule has 3 N–H and O–H groups in total. The Balaban J connectivity index is 1.35. The molecule has 0 spiro atoms. The van der Waals surface area contributed by atoms with Crippen LogP contribution in [-0.4, -0.2) is 61.7 Å². The summed E-state index contributed by atoms with van der Waals surface area (Å²) in [4.78, 5) is 39.0. The van der Waals surface area contributed by atoms with Crippen LogP contribution in [0.4, 0.5) is 20.3 Å². The summed E-state index contributed by atoms with van der Waals surface area (Å²) in [6, 6.07) is 11.2. The highest BCUT2D eigenvalue weighted by Crippen LogP contribution is 2.42. The number of fused-ring (bicyclic) bond motifs is 1. The summed E-state index contributed by atoms with van der Waals surface area (Å²) in [6.07, 6.45) is -1.37. The third-order valence-corrected chi connectivity index (χ3v) is 9.19. The van der Waals surface area contributed by atoms with E-state index in [1.807, 2.05) is 0 Å². The zero-order valence-electron chi connectivity index (χ0n) is 26.5. The van der Waals surface area contributed by atoms with Gasteiger partial charge in [-0.15, -0.1) is 0 Å². The molecule has 4 heterocycles. The Kier molecular flexibility index (Phi) is 9.95. The Morgan fingerprint density at radius 1 is 1.06 bits per heavy atom. The average molecular weight is 715 g/mol. The number of rotatable bonds is 9. The van der Waals surface area contributed by atoms with Gasteiger partial charge in [-0.1, -0.05) is 53.5 Å². The number of benzene rings is 2. The van der Waals surface area contributed by atoms with Gasteiger partial charge < -0.3 is 25.2 Å². The summed E-state index contributed by atoms with van der Waals surface area (Å²) < 4.78 is 40.6. The van der Waals surface area contributed by atoms with Crippen LogP contribution in [0.25, 0.3) is 33.3 Å². The van der Waals surface area contributed by atoms with Crippen LogP contribution in [0, 0.1) is 0 Å². The van der Waals surface area contributed by atoms with Gasteiger partial charge in [-0.2, -0.15) is 0 Å². The smallest absolute Gasteiger partial charge is 0.330 e. The van der Waals surface area contributed by atoms with Gasteiger partial charge in [0.05, 0.1) is 53.0 Å². The number of aryl methyl sites for hydroxylation is 1. The maximum atomic E-state index is 13.9. The minimum Gasteiger partial charge on any atom is -0.480 e. The van der Waals surface area contributed by atoms with Crippen molar-refractivity contribution < 1.29 is 23.4 Å². The molecule has 0 amide bonds. The van der Waals surface area contributed by atoms with Gasteiger partial charge in [-0.25, -0.2) is 23.5 Å². The molecule has 3 aromatic heterocycles. The lowest BCUT2D eigenvalue weighted by Gasteiger charge is -2.28. The zero-order chi connectivity index (χ0) is 35.0. The first-order valence-electron chi connectivity index (χ1n) is 15.1. The van der Waals surface area contributed by atoms with E-state index in [4.69, 9.17) is 32.7 Å². The van der Waals surface area contributed by atoms with Gasteiger partial charge in [0.15, 0.2) is 0 Å². The van der Waals surface area contributed by atoms with Gasteiger partial charge in [0.1, 0.15) is 22.6 Å². The number of aliphatic hydroxyl groups is 1. The van der Waals surface area contributed by atoms with E-state index >= 15 is 0 Å². The van der Waals surface area contributed by atoms with Gasteiger partial charge in [0.25, 0.3) is 12.0 Å². The van der Waals surface area contributed by atoms with Crippen molar-refractivity contribution in [3.05, 3.63) is 90.9 Å². The number of nitrogens with one attached hydrogen (secondary N) is 2. The predicted octanol–water partition coefficient (Wildman–Crippen LogP) is 4.99. The van der Waals surface area contributed by atoms with Crippen LogP contribution < -0.4 is 26.6 Å². The zero-order valence-corrected chi connectivity index (χ0v) is 28.0. The fourth-order valence-corrected chi connectivity index (χ4v) is 6.31. The molecule has 16 heteroatoms. The first-order valence-corrected chi connectivity index (χ1v) is 15.9. The molecule has 2 atom stereocenters. The molecule has 0 saturated carbocycles. The minimum absolute atomic E-state index is 0.0107. The number of methoxy groups -OCH3 is 1. The third kappa shape index (κ3) is 6.62. The maximum absolute atomic E-state index is 13.9. The number of alkyl halides is 2. The molecule has 5 aromatic rings. The van der Waals surface area contributed by atoms with Gasteiger partial charge in [0.2, 0.25) is 5.88 Å². The van der Waals surface area contributed by atoms with Crippen LogP contribution in [0.3, 0.4) is 0 Å². The van der Waals surface area contributed by atoms with Gasteiger partial charge >= 0.3 is 5.69 Å². The van der Waals surface area contributed by atoms with Crippen LogP contribution in [0.15, 0.2) is 58.3 Å². The topological polar surface area (TPSA) is 145 Å². The largest absolute Gasteiger partial charge is 0.480 e. The molecule has 1 aliphatic heterocycles. The first kappa shape index (κ1) is 34.4. The molecular weight excluding hydrogens is 683 g/mol. The Morgan fingerprint density at radius 2 is 1.78 bits per heavy atom. The number of pyridine rings is 1. The van der Waals surface area contributed by atoms with E-state index < -0.39 is 29.5 Å². The maximum Gasteiger partial charge on any atom is 0.330 e. The molecule has 0 bridgehead atoms. The number of nitrogens with zero attached hydrogens (tertiary/aromatic N) is 5. The average Bonchev–Trinajstić information content (AvgIpc) is 3.10. The van der Waals surface area contributed by atoms with E-state index in [2.05, 4.69) is 25.6 Å². The van der Waals surface area contributed by atoms with E-state index in [1.54, 1.807) is 42.6 Å². The van der Waals surface area contributed by atoms with Gasteiger partial charge in [0, 0.05) is 50.0 Å². The van der Waals surface area contributed by atoms with Crippen molar-refractivity contribution in [1.29, 1.82) is 0 Å². The molecule has 0 aliphatic carbocycles. The lowest BCUT2D eigenvalue weighted by atomic mass is 10.0. The second kappa shape index (κ2) is 14.2. The van der Waals surface area contributed by atoms with Crippen molar-refractivity contribution in [2.75, 3.05) is 25.6 Å². The number of aliphatic hydroxyl groups excluding tert-OH is 1. The molecule has 12 nitrogen and oxygen atoms in total. The number of anilines is 2.